The van der Waals surface area contributed by atoms with E-state index < -0.39 is 0 Å². The molecule has 1 aromatic carbocycles. The molecule has 0 spiro atoms. The Morgan fingerprint density at radius 1 is 1.32 bits per heavy atom. The van der Waals surface area contributed by atoms with Crippen LogP contribution in [-0.4, -0.2) is 52.6 Å². The lowest BCUT2D eigenvalue weighted by Crippen LogP contribution is -2.30. The van der Waals surface area contributed by atoms with Crippen LogP contribution in [-0.2, 0) is 22.6 Å². The highest BCUT2D eigenvalue weighted by Gasteiger charge is 2.28. The lowest BCUT2D eigenvalue weighted by molar-refractivity contribution is -0.129. The summed E-state index contributed by atoms with van der Waals surface area (Å²) in [6.45, 7) is 4.47. The second-order valence-corrected chi connectivity index (χ2v) is 6.16. The molecule has 1 atom stereocenters. The molecule has 7 nitrogen and oxygen atoms in total. The fraction of sp³-hybridized carbons (Fsp3) is 0.500. The first-order valence-electron chi connectivity index (χ1n) is 8.58. The molecule has 1 aromatic heterocycles. The molecule has 0 bridgehead atoms. The zero-order valence-corrected chi connectivity index (χ0v) is 14.7. The summed E-state index contributed by atoms with van der Waals surface area (Å²) in [5.74, 6) is 0.974. The summed E-state index contributed by atoms with van der Waals surface area (Å²) in [5, 5.41) is 8.24. The van der Waals surface area contributed by atoms with Gasteiger partial charge in [-0.15, -0.1) is 5.10 Å². The van der Waals surface area contributed by atoms with Crippen LogP contribution in [0.3, 0.4) is 0 Å². The number of hydrogen-bond donors (Lipinski definition) is 0. The number of likely N-dealkylation sites (tertiary alicyclic amines) is 1. The van der Waals surface area contributed by atoms with E-state index >= 15 is 0 Å². The zero-order valence-electron chi connectivity index (χ0n) is 14.7. The molecule has 7 heteroatoms. The summed E-state index contributed by atoms with van der Waals surface area (Å²) in [6.07, 6.45) is 3.20. The van der Waals surface area contributed by atoms with Crippen molar-refractivity contribution in [1.82, 2.24) is 19.9 Å². The molecule has 0 aliphatic carbocycles. The molecule has 134 valence electrons. The number of hydrogen-bond acceptors (Lipinski definition) is 5. The van der Waals surface area contributed by atoms with E-state index in [0.29, 0.717) is 26.2 Å². The second-order valence-electron chi connectivity index (χ2n) is 6.16. The quantitative estimate of drug-likeness (QED) is 0.766. The van der Waals surface area contributed by atoms with Gasteiger partial charge in [-0.25, -0.2) is 4.68 Å². The van der Waals surface area contributed by atoms with Crippen molar-refractivity contribution in [3.63, 3.8) is 0 Å². The van der Waals surface area contributed by atoms with Gasteiger partial charge in [0.25, 0.3) is 0 Å². The van der Waals surface area contributed by atoms with E-state index in [0.717, 1.165) is 30.0 Å². The van der Waals surface area contributed by atoms with Crippen LogP contribution in [0.2, 0.25) is 0 Å². The summed E-state index contributed by atoms with van der Waals surface area (Å²) >= 11 is 0. The van der Waals surface area contributed by atoms with Gasteiger partial charge in [-0.2, -0.15) is 0 Å². The number of benzene rings is 1. The van der Waals surface area contributed by atoms with Crippen molar-refractivity contribution in [2.45, 2.75) is 32.4 Å². The Bertz CT molecular complexity index is 699. The number of nitrogens with zero attached hydrogens (tertiary/aromatic N) is 4. The minimum atomic E-state index is 0.142. The molecule has 0 saturated carbocycles. The van der Waals surface area contributed by atoms with Gasteiger partial charge in [-0.05, 0) is 31.0 Å². The van der Waals surface area contributed by atoms with Crippen LogP contribution in [0.4, 0.5) is 0 Å². The Hall–Kier alpha value is -2.41. The Morgan fingerprint density at radius 3 is 2.84 bits per heavy atom. The summed E-state index contributed by atoms with van der Waals surface area (Å²) in [4.78, 5) is 14.4. The first-order chi connectivity index (χ1) is 12.2. The molecule has 1 saturated heterocycles. The molecule has 2 heterocycles. The van der Waals surface area contributed by atoms with Gasteiger partial charge in [0.1, 0.15) is 11.4 Å². The molecule has 1 aliphatic heterocycles. The van der Waals surface area contributed by atoms with Crippen LogP contribution in [0.5, 0.6) is 5.75 Å². The van der Waals surface area contributed by atoms with E-state index in [4.69, 9.17) is 9.47 Å². The van der Waals surface area contributed by atoms with Gasteiger partial charge in [0.2, 0.25) is 5.91 Å². The van der Waals surface area contributed by atoms with E-state index in [1.807, 2.05) is 47.0 Å². The van der Waals surface area contributed by atoms with Crippen molar-refractivity contribution in [3.05, 3.63) is 41.7 Å². The molecule has 2 aromatic rings. The second kappa shape index (κ2) is 8.11. The van der Waals surface area contributed by atoms with Gasteiger partial charge >= 0.3 is 0 Å². The Balaban J connectivity index is 1.54. The number of carbonyl (C=O) groups excluding carboxylic acids is 1. The maximum absolute atomic E-state index is 12.5. The van der Waals surface area contributed by atoms with Crippen LogP contribution < -0.4 is 4.74 Å². The van der Waals surface area contributed by atoms with Crippen molar-refractivity contribution in [2.75, 3.05) is 26.8 Å². The Morgan fingerprint density at radius 2 is 2.12 bits per heavy atom. The molecular formula is C18H24N4O3. The fourth-order valence-electron chi connectivity index (χ4n) is 3.05. The maximum Gasteiger partial charge on any atom is 0.227 e. The fourth-order valence-corrected chi connectivity index (χ4v) is 3.05. The number of methoxy groups -OCH3 is 1. The Labute approximate surface area is 147 Å². The van der Waals surface area contributed by atoms with Crippen molar-refractivity contribution in [2.24, 2.45) is 0 Å². The highest BCUT2D eigenvalue weighted by atomic mass is 16.5. The first-order valence-corrected chi connectivity index (χ1v) is 8.58. The molecule has 1 aliphatic rings. The van der Waals surface area contributed by atoms with Crippen LogP contribution in [0.25, 0.3) is 0 Å². The third-order valence-electron chi connectivity index (χ3n) is 4.33. The van der Waals surface area contributed by atoms with Crippen LogP contribution in [0, 0.1) is 0 Å². The SMILES string of the molecule is CCOc1ccc(CC(=O)N2CCC(n3cc(COC)nn3)C2)cc1. The molecule has 3 rings (SSSR count). The van der Waals surface area contributed by atoms with Crippen LogP contribution >= 0.6 is 0 Å². The summed E-state index contributed by atoms with van der Waals surface area (Å²) in [5.41, 5.74) is 1.81. The molecule has 1 amide bonds. The minimum absolute atomic E-state index is 0.142. The van der Waals surface area contributed by atoms with Crippen molar-refractivity contribution >= 4 is 5.91 Å². The van der Waals surface area contributed by atoms with E-state index in [1.165, 1.54) is 0 Å². The van der Waals surface area contributed by atoms with Crippen LogP contribution in [0.15, 0.2) is 30.5 Å². The number of amides is 1. The van der Waals surface area contributed by atoms with E-state index in [-0.39, 0.29) is 11.9 Å². The lowest BCUT2D eigenvalue weighted by atomic mass is 10.1. The molecule has 0 N–H and O–H groups in total. The lowest BCUT2D eigenvalue weighted by Gasteiger charge is -2.16. The van der Waals surface area contributed by atoms with E-state index in [9.17, 15) is 4.79 Å². The van der Waals surface area contributed by atoms with Crippen LogP contribution in [0.1, 0.15) is 30.6 Å². The molecule has 25 heavy (non-hydrogen) atoms. The number of rotatable bonds is 7. The minimum Gasteiger partial charge on any atom is -0.494 e. The number of aromatic nitrogens is 3. The standard InChI is InChI=1S/C18H24N4O3/c1-3-25-17-6-4-14(5-7-17)10-18(23)21-9-8-16(12-21)22-11-15(13-24-2)19-20-22/h4-7,11,16H,3,8-10,12-13H2,1-2H3. The normalized spacial score (nSPS) is 17.0. The first kappa shape index (κ1) is 17.4. The number of carbonyl (C=O) groups is 1. The van der Waals surface area contributed by atoms with Gasteiger partial charge < -0.3 is 14.4 Å². The molecular weight excluding hydrogens is 320 g/mol. The third kappa shape index (κ3) is 4.36. The topological polar surface area (TPSA) is 69.5 Å². The average Bonchev–Trinajstić information content (AvgIpc) is 3.26. The predicted molar refractivity (Wildman–Crippen MR) is 92.3 cm³/mol. The predicted octanol–water partition coefficient (Wildman–Crippen LogP) is 1.84. The highest BCUT2D eigenvalue weighted by Crippen LogP contribution is 2.22. The van der Waals surface area contributed by atoms with Gasteiger partial charge in [0.05, 0.1) is 31.9 Å². The summed E-state index contributed by atoms with van der Waals surface area (Å²) < 4.78 is 12.3. The van der Waals surface area contributed by atoms with Gasteiger partial charge in [0.15, 0.2) is 0 Å². The van der Waals surface area contributed by atoms with E-state index in [1.54, 1.807) is 7.11 Å². The molecule has 1 fully saturated rings. The third-order valence-corrected chi connectivity index (χ3v) is 4.33. The highest BCUT2D eigenvalue weighted by molar-refractivity contribution is 5.79. The summed E-state index contributed by atoms with van der Waals surface area (Å²) in [6, 6.07) is 7.90. The summed E-state index contributed by atoms with van der Waals surface area (Å²) in [7, 11) is 1.63. The zero-order chi connectivity index (χ0) is 17.6. The molecule has 0 radical (unpaired) electrons. The van der Waals surface area contributed by atoms with Gasteiger partial charge in [-0.1, -0.05) is 17.3 Å². The monoisotopic (exact) mass is 344 g/mol. The largest absolute Gasteiger partial charge is 0.494 e. The smallest absolute Gasteiger partial charge is 0.227 e. The molecule has 1 unspecified atom stereocenters. The van der Waals surface area contributed by atoms with Crippen molar-refractivity contribution in [1.29, 1.82) is 0 Å². The van der Waals surface area contributed by atoms with Crippen molar-refractivity contribution in [3.8, 4) is 5.75 Å². The van der Waals surface area contributed by atoms with E-state index in [2.05, 4.69) is 10.3 Å². The van der Waals surface area contributed by atoms with Crippen molar-refractivity contribution < 1.29 is 14.3 Å². The average molecular weight is 344 g/mol. The maximum atomic E-state index is 12.5. The Kier molecular flexibility index (Phi) is 5.65. The van der Waals surface area contributed by atoms with Gasteiger partial charge in [0, 0.05) is 20.2 Å². The van der Waals surface area contributed by atoms with Gasteiger partial charge in [-0.3, -0.25) is 4.79 Å². The number of ether oxygens (including phenoxy) is 2.